The van der Waals surface area contributed by atoms with Crippen LogP contribution in [0.25, 0.3) is 0 Å². The zero-order chi connectivity index (χ0) is 22.7. The number of benzene rings is 2. The Kier molecular flexibility index (Phi) is 9.73. The van der Waals surface area contributed by atoms with Gasteiger partial charge in [0.1, 0.15) is 5.60 Å². The van der Waals surface area contributed by atoms with Gasteiger partial charge in [0.15, 0.2) is 0 Å². The van der Waals surface area contributed by atoms with Gasteiger partial charge in [-0.15, -0.1) is 0 Å². The van der Waals surface area contributed by atoms with Crippen molar-refractivity contribution in [2.75, 3.05) is 0 Å². The second kappa shape index (κ2) is 12.3. The van der Waals surface area contributed by atoms with Crippen LogP contribution in [0.3, 0.4) is 0 Å². The monoisotopic (exact) mass is 426 g/mol. The first kappa shape index (κ1) is 24.6. The van der Waals surface area contributed by atoms with E-state index in [1.165, 1.54) is 0 Å². The van der Waals surface area contributed by atoms with Crippen molar-refractivity contribution in [3.63, 3.8) is 0 Å². The maximum Gasteiger partial charge on any atom is 0.335 e. The average Bonchev–Trinajstić information content (AvgIpc) is 2.78. The van der Waals surface area contributed by atoms with E-state index in [9.17, 15) is 19.8 Å². The number of hydrogen-bond donors (Lipinski definition) is 3. The molecule has 0 aromatic heterocycles. The predicted molar refractivity (Wildman–Crippen MR) is 121 cm³/mol. The van der Waals surface area contributed by atoms with Gasteiger partial charge in [0.05, 0.1) is 5.56 Å². The summed E-state index contributed by atoms with van der Waals surface area (Å²) in [6, 6.07) is 16.1. The SMILES string of the molecule is CCCCC(CCCCCCC(=O)O)C(O)(c1ccccc1)c1ccc(C(=O)O)cc1. The molecule has 5 nitrogen and oxygen atoms in total. The van der Waals surface area contributed by atoms with Crippen LogP contribution < -0.4 is 0 Å². The highest BCUT2D eigenvalue weighted by molar-refractivity contribution is 5.87. The quantitative estimate of drug-likeness (QED) is 0.329. The van der Waals surface area contributed by atoms with Gasteiger partial charge in [-0.3, -0.25) is 4.79 Å². The lowest BCUT2D eigenvalue weighted by Gasteiger charge is -2.38. The second-order valence-electron chi connectivity index (χ2n) is 8.20. The molecule has 0 saturated carbocycles. The smallest absolute Gasteiger partial charge is 0.335 e. The van der Waals surface area contributed by atoms with Crippen molar-refractivity contribution >= 4 is 11.9 Å². The standard InChI is InChI=1S/C26H34O5/c1-2-3-11-21(12-7-4-5-10-15-24(27)28)26(31,22-13-8-6-9-14-22)23-18-16-20(17-19-23)25(29)30/h6,8-9,13-14,16-19,21,31H,2-5,7,10-12,15H2,1H3,(H,27,28)(H,29,30). The fraction of sp³-hybridized carbons (Fsp3) is 0.462. The van der Waals surface area contributed by atoms with Gasteiger partial charge in [-0.25, -0.2) is 4.79 Å². The van der Waals surface area contributed by atoms with Gasteiger partial charge in [-0.2, -0.15) is 0 Å². The first-order valence-electron chi connectivity index (χ1n) is 11.2. The first-order valence-corrected chi connectivity index (χ1v) is 11.2. The second-order valence-corrected chi connectivity index (χ2v) is 8.20. The molecule has 0 amide bonds. The summed E-state index contributed by atoms with van der Waals surface area (Å²) in [5.41, 5.74) is 0.498. The largest absolute Gasteiger partial charge is 0.481 e. The highest BCUT2D eigenvalue weighted by atomic mass is 16.4. The van der Waals surface area contributed by atoms with Gasteiger partial charge in [-0.1, -0.05) is 81.5 Å². The van der Waals surface area contributed by atoms with Crippen LogP contribution in [0.5, 0.6) is 0 Å². The van der Waals surface area contributed by atoms with Crippen LogP contribution >= 0.6 is 0 Å². The van der Waals surface area contributed by atoms with Crippen LogP contribution in [0.15, 0.2) is 54.6 Å². The van der Waals surface area contributed by atoms with E-state index in [-0.39, 0.29) is 17.9 Å². The number of aromatic carboxylic acids is 1. The maximum absolute atomic E-state index is 12.1. The minimum absolute atomic E-state index is 0.0231. The molecule has 2 unspecified atom stereocenters. The van der Waals surface area contributed by atoms with E-state index in [4.69, 9.17) is 5.11 Å². The number of rotatable bonds is 14. The van der Waals surface area contributed by atoms with E-state index in [2.05, 4.69) is 6.92 Å². The van der Waals surface area contributed by atoms with Crippen molar-refractivity contribution in [2.45, 2.75) is 70.3 Å². The molecule has 0 aliphatic carbocycles. The summed E-state index contributed by atoms with van der Waals surface area (Å²) < 4.78 is 0. The molecule has 2 aromatic rings. The molecule has 0 saturated heterocycles. The molecule has 2 atom stereocenters. The maximum atomic E-state index is 12.1. The normalized spacial score (nSPS) is 14.0. The molecule has 0 aliphatic rings. The minimum Gasteiger partial charge on any atom is -0.481 e. The van der Waals surface area contributed by atoms with Crippen LogP contribution in [-0.4, -0.2) is 27.3 Å². The molecule has 0 heterocycles. The molecule has 31 heavy (non-hydrogen) atoms. The zero-order valence-corrected chi connectivity index (χ0v) is 18.3. The molecule has 0 bridgehead atoms. The number of aliphatic carboxylic acids is 1. The van der Waals surface area contributed by atoms with Crippen LogP contribution in [-0.2, 0) is 10.4 Å². The lowest BCUT2D eigenvalue weighted by Crippen LogP contribution is -2.36. The summed E-state index contributed by atoms with van der Waals surface area (Å²) >= 11 is 0. The minimum atomic E-state index is -1.21. The van der Waals surface area contributed by atoms with Crippen LogP contribution in [0.2, 0.25) is 0 Å². The van der Waals surface area contributed by atoms with E-state index in [1.807, 2.05) is 30.3 Å². The first-order chi connectivity index (χ1) is 14.9. The Hall–Kier alpha value is -2.66. The number of hydrogen-bond acceptors (Lipinski definition) is 3. The van der Waals surface area contributed by atoms with Gasteiger partial charge < -0.3 is 15.3 Å². The molecular weight excluding hydrogens is 392 g/mol. The number of unbranched alkanes of at least 4 members (excludes halogenated alkanes) is 4. The van der Waals surface area contributed by atoms with Crippen molar-refractivity contribution in [3.8, 4) is 0 Å². The van der Waals surface area contributed by atoms with Crippen LogP contribution in [0.1, 0.15) is 86.2 Å². The molecule has 0 aliphatic heterocycles. The summed E-state index contributed by atoms with van der Waals surface area (Å²) in [4.78, 5) is 22.0. The van der Waals surface area contributed by atoms with Gasteiger partial charge in [0.25, 0.3) is 0 Å². The van der Waals surface area contributed by atoms with Crippen molar-refractivity contribution in [1.82, 2.24) is 0 Å². The van der Waals surface area contributed by atoms with Gasteiger partial charge in [0, 0.05) is 6.42 Å². The van der Waals surface area contributed by atoms with E-state index >= 15 is 0 Å². The molecular formula is C26H34O5. The summed E-state index contributed by atoms with van der Waals surface area (Å²) in [5, 5.41) is 30.2. The molecule has 3 N–H and O–H groups in total. The van der Waals surface area contributed by atoms with Gasteiger partial charge in [0.2, 0.25) is 0 Å². The molecule has 168 valence electrons. The van der Waals surface area contributed by atoms with Crippen molar-refractivity contribution in [1.29, 1.82) is 0 Å². The summed E-state index contributed by atoms with van der Waals surface area (Å²) in [6.07, 6.45) is 7.28. The fourth-order valence-corrected chi connectivity index (χ4v) is 4.23. The third kappa shape index (κ3) is 6.93. The highest BCUT2D eigenvalue weighted by Crippen LogP contribution is 2.42. The summed E-state index contributed by atoms with van der Waals surface area (Å²) in [7, 11) is 0. The Bertz CT molecular complexity index is 815. The Balaban J connectivity index is 2.28. The number of carboxylic acid groups (broad SMARTS) is 2. The zero-order valence-electron chi connectivity index (χ0n) is 18.3. The highest BCUT2D eigenvalue weighted by Gasteiger charge is 2.39. The Morgan fingerprint density at radius 1 is 0.806 bits per heavy atom. The molecule has 5 heteroatoms. The molecule has 2 aromatic carbocycles. The summed E-state index contributed by atoms with van der Waals surface area (Å²) in [5.74, 6) is -1.77. The molecule has 2 rings (SSSR count). The third-order valence-electron chi connectivity index (χ3n) is 5.98. The van der Waals surface area contributed by atoms with Crippen molar-refractivity contribution in [2.24, 2.45) is 5.92 Å². The van der Waals surface area contributed by atoms with E-state index < -0.39 is 17.5 Å². The third-order valence-corrected chi connectivity index (χ3v) is 5.98. The van der Waals surface area contributed by atoms with Crippen molar-refractivity contribution in [3.05, 3.63) is 71.3 Å². The number of carbonyl (C=O) groups is 2. The van der Waals surface area contributed by atoms with Crippen molar-refractivity contribution < 1.29 is 24.9 Å². The molecule has 0 fully saturated rings. The number of carboxylic acids is 2. The summed E-state index contributed by atoms with van der Waals surface area (Å²) in [6.45, 7) is 2.13. The Labute approximate surface area is 184 Å². The van der Waals surface area contributed by atoms with Gasteiger partial charge >= 0.3 is 11.9 Å². The predicted octanol–water partition coefficient (Wildman–Crippen LogP) is 5.85. The molecule has 0 spiro atoms. The van der Waals surface area contributed by atoms with Crippen LogP contribution in [0.4, 0.5) is 0 Å². The Morgan fingerprint density at radius 2 is 1.39 bits per heavy atom. The molecule has 0 radical (unpaired) electrons. The van der Waals surface area contributed by atoms with Crippen LogP contribution in [0, 0.1) is 5.92 Å². The van der Waals surface area contributed by atoms with Gasteiger partial charge in [-0.05, 0) is 48.4 Å². The van der Waals surface area contributed by atoms with E-state index in [0.717, 1.165) is 50.5 Å². The van der Waals surface area contributed by atoms with E-state index in [1.54, 1.807) is 24.3 Å². The lowest BCUT2D eigenvalue weighted by atomic mass is 9.72. The fourth-order valence-electron chi connectivity index (χ4n) is 4.23. The topological polar surface area (TPSA) is 94.8 Å². The number of aliphatic hydroxyl groups is 1. The lowest BCUT2D eigenvalue weighted by molar-refractivity contribution is -0.137. The average molecular weight is 427 g/mol. The Morgan fingerprint density at radius 3 is 1.97 bits per heavy atom. The van der Waals surface area contributed by atoms with E-state index in [0.29, 0.717) is 12.0 Å².